The smallest absolute Gasteiger partial charge is 0.462 e. The lowest BCUT2D eigenvalue weighted by atomic mass is 10.0. The highest BCUT2D eigenvalue weighted by Gasteiger charge is 2.22. The van der Waals surface area contributed by atoms with E-state index in [0.717, 1.165) is 57.8 Å². The second-order valence-corrected chi connectivity index (χ2v) is 14.1. The predicted octanol–water partition coefficient (Wildman–Crippen LogP) is 11.6. The van der Waals surface area contributed by atoms with Gasteiger partial charge in [-0.05, 0) is 51.4 Å². The van der Waals surface area contributed by atoms with Crippen molar-refractivity contribution in [2.45, 2.75) is 180 Å². The zero-order valence-electron chi connectivity index (χ0n) is 31.1. The van der Waals surface area contributed by atoms with Crippen LogP contribution in [0.25, 0.3) is 0 Å². The van der Waals surface area contributed by atoms with Gasteiger partial charge in [-0.2, -0.15) is 0 Å². The third-order valence-corrected chi connectivity index (χ3v) is 8.60. The van der Waals surface area contributed by atoms with E-state index in [9.17, 15) is 14.2 Å². The van der Waals surface area contributed by atoms with E-state index in [2.05, 4.69) is 67.0 Å². The van der Waals surface area contributed by atoms with Gasteiger partial charge in [0.2, 0.25) is 0 Å². The first-order valence-corrected chi connectivity index (χ1v) is 21.0. The molecule has 0 amide bonds. The quantitative estimate of drug-likeness (QED) is 0.0289. The molecule has 0 saturated carbocycles. The average Bonchev–Trinajstić information content (AvgIpc) is 3.07. The molecular weight excluding hydrogens is 639 g/mol. The van der Waals surface area contributed by atoms with E-state index in [-0.39, 0.29) is 19.4 Å². The number of carbonyl (C=O) groups is 2. The number of rotatable bonds is 35. The van der Waals surface area contributed by atoms with Crippen LogP contribution in [0.5, 0.6) is 0 Å². The molecule has 0 aliphatic heterocycles. The van der Waals surface area contributed by atoms with Gasteiger partial charge in [0.25, 0.3) is 0 Å². The second-order valence-electron chi connectivity index (χ2n) is 12.9. The molecule has 8 nitrogen and oxygen atoms in total. The fourth-order valence-electron chi connectivity index (χ4n) is 5.25. The Morgan fingerprint density at radius 3 is 1.47 bits per heavy atom. The summed E-state index contributed by atoms with van der Waals surface area (Å²) in [7, 11) is -4.76. The molecule has 0 aromatic rings. The van der Waals surface area contributed by atoms with Crippen molar-refractivity contribution in [1.29, 1.82) is 0 Å². The molecule has 0 radical (unpaired) electrons. The molecule has 0 heterocycles. The van der Waals surface area contributed by atoms with E-state index >= 15 is 0 Å². The molecule has 0 fully saturated rings. The summed E-state index contributed by atoms with van der Waals surface area (Å²) in [4.78, 5) is 42.7. The Hall–Kier alpha value is -1.99. The van der Waals surface area contributed by atoms with Crippen LogP contribution in [0.15, 0.2) is 48.6 Å². The lowest BCUT2D eigenvalue weighted by molar-refractivity contribution is -0.161. The molecule has 9 heteroatoms. The van der Waals surface area contributed by atoms with Crippen LogP contribution in [0.2, 0.25) is 0 Å². The maximum absolute atomic E-state index is 12.3. The lowest BCUT2D eigenvalue weighted by Crippen LogP contribution is -2.29. The summed E-state index contributed by atoms with van der Waals surface area (Å²) in [5.41, 5.74) is 0. The minimum Gasteiger partial charge on any atom is -0.462 e. The van der Waals surface area contributed by atoms with Crippen molar-refractivity contribution in [3.8, 4) is 0 Å². The predicted molar refractivity (Wildman–Crippen MR) is 202 cm³/mol. The molecule has 0 aromatic carbocycles. The monoisotopic (exact) mass is 710 g/mol. The Bertz CT molecular complexity index is 937. The van der Waals surface area contributed by atoms with E-state index < -0.39 is 32.5 Å². The molecule has 2 N–H and O–H groups in total. The van der Waals surface area contributed by atoms with E-state index in [1.807, 2.05) is 0 Å². The molecule has 0 saturated heterocycles. The van der Waals surface area contributed by atoms with Gasteiger partial charge in [0.1, 0.15) is 6.61 Å². The largest absolute Gasteiger partial charge is 0.469 e. The van der Waals surface area contributed by atoms with Gasteiger partial charge in [-0.25, -0.2) is 4.57 Å². The number of esters is 2. The zero-order valence-corrected chi connectivity index (χ0v) is 32.0. The van der Waals surface area contributed by atoms with E-state index in [1.165, 1.54) is 83.5 Å². The van der Waals surface area contributed by atoms with Crippen LogP contribution in [-0.4, -0.2) is 41.0 Å². The van der Waals surface area contributed by atoms with Crippen LogP contribution < -0.4 is 0 Å². The third-order valence-electron chi connectivity index (χ3n) is 8.11. The van der Waals surface area contributed by atoms with Gasteiger partial charge in [-0.3, -0.25) is 14.1 Å². The van der Waals surface area contributed by atoms with Crippen molar-refractivity contribution in [2.75, 3.05) is 13.2 Å². The maximum Gasteiger partial charge on any atom is 0.469 e. The third kappa shape index (κ3) is 38.7. The number of phosphoric ester groups is 1. The molecule has 0 aromatic heterocycles. The number of hydrogen-bond donors (Lipinski definition) is 2. The fraction of sp³-hybridized carbons (Fsp3) is 0.750. The summed E-state index contributed by atoms with van der Waals surface area (Å²) in [5, 5.41) is 0. The van der Waals surface area contributed by atoms with E-state index in [1.54, 1.807) is 0 Å². The van der Waals surface area contributed by atoms with Crippen molar-refractivity contribution in [1.82, 2.24) is 0 Å². The number of hydrogen-bond acceptors (Lipinski definition) is 6. The normalized spacial score (nSPS) is 13.0. The molecule has 0 aliphatic rings. The summed E-state index contributed by atoms with van der Waals surface area (Å²) < 4.78 is 26.3. The summed E-state index contributed by atoms with van der Waals surface area (Å²) in [6, 6.07) is 0. The summed E-state index contributed by atoms with van der Waals surface area (Å²) in [5.74, 6) is -0.932. The number of phosphoric acid groups is 1. The first-order chi connectivity index (χ1) is 23.8. The summed E-state index contributed by atoms with van der Waals surface area (Å²) in [6.45, 7) is 3.53. The van der Waals surface area contributed by atoms with Gasteiger partial charge in [0, 0.05) is 12.8 Å². The SMILES string of the molecule is CC/C=C\C/C=C\C/C=C\C/C=C\CCCCC(=O)O[C@H](COC(=O)CCCCCCCCCCCCCCCCCC)COP(=O)(O)O. The molecule has 1 atom stereocenters. The Morgan fingerprint density at radius 1 is 0.551 bits per heavy atom. The molecule has 49 heavy (non-hydrogen) atoms. The molecule has 0 bridgehead atoms. The summed E-state index contributed by atoms with van der Waals surface area (Å²) >= 11 is 0. The van der Waals surface area contributed by atoms with Crippen LogP contribution in [0, 0.1) is 0 Å². The van der Waals surface area contributed by atoms with E-state index in [0.29, 0.717) is 6.42 Å². The lowest BCUT2D eigenvalue weighted by Gasteiger charge is -2.18. The van der Waals surface area contributed by atoms with Crippen molar-refractivity contribution in [3.05, 3.63) is 48.6 Å². The topological polar surface area (TPSA) is 119 Å². The highest BCUT2D eigenvalue weighted by molar-refractivity contribution is 7.46. The molecule has 284 valence electrons. The maximum atomic E-state index is 12.3. The molecular formula is C40H71O8P. The standard InChI is InChI=1S/C40H71O8P/c1-3-5-7-9-11-13-15-17-19-21-22-24-26-28-30-32-34-39(41)46-36-38(37-47-49(43,44)45)48-40(42)35-33-31-29-27-25-23-20-18-16-14-12-10-8-6-4-2/h6,8,12,14,18,20,25,27,38H,3-5,7,9-11,13,15-17,19,21-24,26,28-37H2,1-2H3,(H2,43,44,45)/b8-6-,14-12-,20-18-,27-25-/t38-/m1/s1. The van der Waals surface area contributed by atoms with Crippen LogP contribution in [0.3, 0.4) is 0 Å². The van der Waals surface area contributed by atoms with Gasteiger partial charge in [0.15, 0.2) is 6.10 Å². The van der Waals surface area contributed by atoms with Crippen molar-refractivity contribution in [2.24, 2.45) is 0 Å². The Morgan fingerprint density at radius 2 is 0.980 bits per heavy atom. The van der Waals surface area contributed by atoms with Gasteiger partial charge < -0.3 is 19.3 Å². The van der Waals surface area contributed by atoms with Gasteiger partial charge >= 0.3 is 19.8 Å². The van der Waals surface area contributed by atoms with Crippen LogP contribution in [0.4, 0.5) is 0 Å². The second kappa shape index (κ2) is 35.8. The minimum atomic E-state index is -4.76. The number of carbonyl (C=O) groups excluding carboxylic acids is 2. The number of ether oxygens (including phenoxy) is 2. The van der Waals surface area contributed by atoms with E-state index in [4.69, 9.17) is 19.3 Å². The van der Waals surface area contributed by atoms with Gasteiger partial charge in [0.05, 0.1) is 6.61 Å². The molecule has 0 rings (SSSR count). The minimum absolute atomic E-state index is 0.160. The first kappa shape index (κ1) is 47.0. The Balaban J connectivity index is 4.00. The fourth-order valence-corrected chi connectivity index (χ4v) is 5.61. The summed E-state index contributed by atoms with van der Waals surface area (Å²) in [6.07, 6.45) is 42.6. The van der Waals surface area contributed by atoms with Crippen molar-refractivity contribution < 1.29 is 37.9 Å². The molecule has 0 unspecified atom stereocenters. The van der Waals surface area contributed by atoms with Crippen molar-refractivity contribution >= 4 is 19.8 Å². The molecule has 0 aliphatic carbocycles. The number of unbranched alkanes of at least 4 members (excludes halogenated alkanes) is 17. The first-order valence-electron chi connectivity index (χ1n) is 19.4. The van der Waals surface area contributed by atoms with Crippen molar-refractivity contribution in [3.63, 3.8) is 0 Å². The zero-order chi connectivity index (χ0) is 36.1. The highest BCUT2D eigenvalue weighted by atomic mass is 31.2. The Labute approximate surface area is 299 Å². The average molecular weight is 711 g/mol. The van der Waals surface area contributed by atoms with Gasteiger partial charge in [-0.1, -0.05) is 159 Å². The number of allylic oxidation sites excluding steroid dienone is 8. The Kier molecular flexibility index (Phi) is 34.4. The van der Waals surface area contributed by atoms with Crippen LogP contribution >= 0.6 is 7.82 Å². The van der Waals surface area contributed by atoms with Crippen LogP contribution in [-0.2, 0) is 28.2 Å². The highest BCUT2D eigenvalue weighted by Crippen LogP contribution is 2.36. The molecule has 0 spiro atoms. The van der Waals surface area contributed by atoms with Gasteiger partial charge in [-0.15, -0.1) is 0 Å². The van der Waals surface area contributed by atoms with Crippen LogP contribution in [0.1, 0.15) is 174 Å².